The molecule has 1 atom stereocenters. The van der Waals surface area contributed by atoms with Crippen molar-refractivity contribution in [3.05, 3.63) is 24.0 Å². The number of aromatic nitrogens is 1. The molecule has 1 rings (SSSR count). The quantitative estimate of drug-likeness (QED) is 0.796. The molecular formula is C12H21N3. The van der Waals surface area contributed by atoms with Crippen LogP contribution in [0.2, 0.25) is 0 Å². The van der Waals surface area contributed by atoms with Crippen LogP contribution in [0.5, 0.6) is 0 Å². The van der Waals surface area contributed by atoms with Gasteiger partial charge in [0.05, 0.1) is 0 Å². The van der Waals surface area contributed by atoms with Crippen molar-refractivity contribution in [3.63, 3.8) is 0 Å². The van der Waals surface area contributed by atoms with Gasteiger partial charge in [-0.3, -0.25) is 4.98 Å². The van der Waals surface area contributed by atoms with E-state index < -0.39 is 0 Å². The van der Waals surface area contributed by atoms with Gasteiger partial charge in [0.1, 0.15) is 0 Å². The first-order valence-electron chi connectivity index (χ1n) is 5.35. The van der Waals surface area contributed by atoms with Gasteiger partial charge in [0, 0.05) is 24.1 Å². The summed E-state index contributed by atoms with van der Waals surface area (Å²) >= 11 is 0. The smallest absolute Gasteiger partial charge is 0.0377 e. The molecular weight excluding hydrogens is 186 g/mol. The molecule has 0 fully saturated rings. The van der Waals surface area contributed by atoms with E-state index in [0.717, 1.165) is 24.1 Å². The Labute approximate surface area is 91.9 Å². The number of pyridine rings is 1. The first-order valence-corrected chi connectivity index (χ1v) is 5.35. The average Bonchev–Trinajstić information content (AvgIpc) is 2.14. The molecule has 4 N–H and O–H groups in total. The first kappa shape index (κ1) is 12.0. The minimum Gasteiger partial charge on any atom is -0.398 e. The van der Waals surface area contributed by atoms with Gasteiger partial charge in [-0.05, 0) is 29.9 Å². The van der Waals surface area contributed by atoms with Crippen molar-refractivity contribution in [2.24, 2.45) is 11.1 Å². The van der Waals surface area contributed by atoms with Crippen molar-refractivity contribution in [2.75, 3.05) is 5.73 Å². The van der Waals surface area contributed by atoms with Gasteiger partial charge in [0.2, 0.25) is 0 Å². The zero-order valence-corrected chi connectivity index (χ0v) is 9.83. The van der Waals surface area contributed by atoms with E-state index in [4.69, 9.17) is 11.5 Å². The van der Waals surface area contributed by atoms with Crippen LogP contribution in [0.25, 0.3) is 0 Å². The third-order valence-corrected chi connectivity index (χ3v) is 2.78. The standard InChI is InChI=1S/C12H21N3/c1-12(2,3)11(14)5-4-9-8-15-7-6-10(9)13/h6-8,11H,4-5,14H2,1-3H3,(H2,13,15). The van der Waals surface area contributed by atoms with Crippen molar-refractivity contribution in [2.45, 2.75) is 39.7 Å². The van der Waals surface area contributed by atoms with E-state index in [-0.39, 0.29) is 11.5 Å². The third-order valence-electron chi connectivity index (χ3n) is 2.78. The van der Waals surface area contributed by atoms with Crippen LogP contribution >= 0.6 is 0 Å². The van der Waals surface area contributed by atoms with Crippen LogP contribution < -0.4 is 11.5 Å². The number of rotatable bonds is 3. The maximum atomic E-state index is 6.09. The molecule has 0 aliphatic carbocycles. The molecule has 0 aliphatic rings. The lowest BCUT2D eigenvalue weighted by Gasteiger charge is -2.27. The lowest BCUT2D eigenvalue weighted by Crippen LogP contribution is -2.35. The molecule has 0 saturated heterocycles. The number of aryl methyl sites for hydroxylation is 1. The highest BCUT2D eigenvalue weighted by molar-refractivity contribution is 5.44. The van der Waals surface area contributed by atoms with E-state index in [9.17, 15) is 0 Å². The molecule has 0 spiro atoms. The van der Waals surface area contributed by atoms with Crippen LogP contribution in [0.4, 0.5) is 5.69 Å². The fourth-order valence-corrected chi connectivity index (χ4v) is 1.39. The van der Waals surface area contributed by atoms with Crippen LogP contribution in [0.1, 0.15) is 32.8 Å². The van der Waals surface area contributed by atoms with E-state index in [2.05, 4.69) is 25.8 Å². The Hall–Kier alpha value is -1.09. The molecule has 15 heavy (non-hydrogen) atoms. The van der Waals surface area contributed by atoms with Crippen LogP contribution in [0.15, 0.2) is 18.5 Å². The summed E-state index contributed by atoms with van der Waals surface area (Å²) in [4.78, 5) is 4.06. The number of hydrogen-bond acceptors (Lipinski definition) is 3. The van der Waals surface area contributed by atoms with Crippen molar-refractivity contribution in [3.8, 4) is 0 Å². The molecule has 1 aromatic heterocycles. The molecule has 3 heteroatoms. The van der Waals surface area contributed by atoms with Crippen molar-refractivity contribution in [1.82, 2.24) is 4.98 Å². The van der Waals surface area contributed by atoms with Crippen LogP contribution in [0, 0.1) is 5.41 Å². The van der Waals surface area contributed by atoms with Gasteiger partial charge in [-0.15, -0.1) is 0 Å². The maximum absolute atomic E-state index is 6.09. The van der Waals surface area contributed by atoms with E-state index >= 15 is 0 Å². The summed E-state index contributed by atoms with van der Waals surface area (Å²) < 4.78 is 0. The number of nitrogen functional groups attached to an aromatic ring is 1. The summed E-state index contributed by atoms with van der Waals surface area (Å²) in [6.07, 6.45) is 5.38. The van der Waals surface area contributed by atoms with E-state index in [0.29, 0.717) is 0 Å². The van der Waals surface area contributed by atoms with Crippen LogP contribution in [0.3, 0.4) is 0 Å². The summed E-state index contributed by atoms with van der Waals surface area (Å²) in [6, 6.07) is 2.02. The average molecular weight is 207 g/mol. The predicted octanol–water partition coefficient (Wildman–Crippen LogP) is 1.97. The van der Waals surface area contributed by atoms with Gasteiger partial charge in [0.15, 0.2) is 0 Å². The van der Waals surface area contributed by atoms with Crippen molar-refractivity contribution < 1.29 is 0 Å². The first-order chi connectivity index (χ1) is 6.91. The summed E-state index contributed by atoms with van der Waals surface area (Å²) in [6.45, 7) is 6.47. The molecule has 84 valence electrons. The van der Waals surface area contributed by atoms with E-state index in [1.54, 1.807) is 6.20 Å². The van der Waals surface area contributed by atoms with Crippen molar-refractivity contribution >= 4 is 5.69 Å². The minimum atomic E-state index is 0.150. The number of anilines is 1. The van der Waals surface area contributed by atoms with Gasteiger partial charge < -0.3 is 11.5 Å². The predicted molar refractivity (Wildman–Crippen MR) is 64.4 cm³/mol. The van der Waals surface area contributed by atoms with Crippen molar-refractivity contribution in [1.29, 1.82) is 0 Å². The van der Waals surface area contributed by atoms with Gasteiger partial charge in [0.25, 0.3) is 0 Å². The highest BCUT2D eigenvalue weighted by Gasteiger charge is 2.20. The molecule has 0 bridgehead atoms. The fourth-order valence-electron chi connectivity index (χ4n) is 1.39. The fraction of sp³-hybridized carbons (Fsp3) is 0.583. The Morgan fingerprint density at radius 2 is 2.07 bits per heavy atom. The zero-order chi connectivity index (χ0) is 11.5. The molecule has 3 nitrogen and oxygen atoms in total. The lowest BCUT2D eigenvalue weighted by atomic mass is 9.84. The third kappa shape index (κ3) is 3.51. The number of nitrogens with two attached hydrogens (primary N) is 2. The monoisotopic (exact) mass is 207 g/mol. The lowest BCUT2D eigenvalue weighted by molar-refractivity contribution is 0.306. The number of hydrogen-bond donors (Lipinski definition) is 2. The van der Waals surface area contributed by atoms with E-state index in [1.807, 2.05) is 12.3 Å². The second-order valence-electron chi connectivity index (χ2n) is 5.09. The second kappa shape index (κ2) is 4.62. The highest BCUT2D eigenvalue weighted by Crippen LogP contribution is 2.22. The normalized spacial score (nSPS) is 13.9. The summed E-state index contributed by atoms with van der Waals surface area (Å²) in [5.74, 6) is 0. The summed E-state index contributed by atoms with van der Waals surface area (Å²) in [5.41, 5.74) is 14.0. The largest absolute Gasteiger partial charge is 0.398 e. The van der Waals surface area contributed by atoms with Crippen LogP contribution in [-0.2, 0) is 6.42 Å². The van der Waals surface area contributed by atoms with Gasteiger partial charge >= 0.3 is 0 Å². The molecule has 0 radical (unpaired) electrons. The Morgan fingerprint density at radius 1 is 1.40 bits per heavy atom. The zero-order valence-electron chi connectivity index (χ0n) is 9.83. The molecule has 0 amide bonds. The Kier molecular flexibility index (Phi) is 3.69. The van der Waals surface area contributed by atoms with Gasteiger partial charge in [-0.25, -0.2) is 0 Å². The molecule has 0 aromatic carbocycles. The Balaban J connectivity index is 2.55. The summed E-state index contributed by atoms with van der Waals surface area (Å²) in [7, 11) is 0. The topological polar surface area (TPSA) is 64.9 Å². The van der Waals surface area contributed by atoms with Crippen LogP contribution in [-0.4, -0.2) is 11.0 Å². The number of nitrogens with zero attached hydrogens (tertiary/aromatic N) is 1. The van der Waals surface area contributed by atoms with Gasteiger partial charge in [-0.1, -0.05) is 20.8 Å². The molecule has 1 aromatic rings. The Morgan fingerprint density at radius 3 is 2.60 bits per heavy atom. The Bertz CT molecular complexity index is 315. The second-order valence-corrected chi connectivity index (χ2v) is 5.09. The SMILES string of the molecule is CC(C)(C)C(N)CCc1cnccc1N. The van der Waals surface area contributed by atoms with E-state index in [1.165, 1.54) is 0 Å². The highest BCUT2D eigenvalue weighted by atomic mass is 14.7. The maximum Gasteiger partial charge on any atom is 0.0377 e. The molecule has 0 aliphatic heterocycles. The van der Waals surface area contributed by atoms with Gasteiger partial charge in [-0.2, -0.15) is 0 Å². The molecule has 0 saturated carbocycles. The summed E-state index contributed by atoms with van der Waals surface area (Å²) in [5, 5.41) is 0. The minimum absolute atomic E-state index is 0.150. The molecule has 1 heterocycles. The molecule has 1 unspecified atom stereocenters.